The van der Waals surface area contributed by atoms with E-state index in [1.54, 1.807) is 0 Å². The van der Waals surface area contributed by atoms with Crippen molar-refractivity contribution < 1.29 is 13.4 Å². The van der Waals surface area contributed by atoms with E-state index in [4.69, 9.17) is 0 Å². The molecular formula is C18H15Ni. The molecule has 0 unspecified atom stereocenters. The van der Waals surface area contributed by atoms with Crippen LogP contribution in [0.15, 0.2) is 91.0 Å². The van der Waals surface area contributed by atoms with Crippen molar-refractivity contribution in [3.63, 3.8) is 0 Å². The summed E-state index contributed by atoms with van der Waals surface area (Å²) in [6.07, 6.45) is 0. The molecule has 0 bridgehead atoms. The Labute approximate surface area is 118 Å². The molecule has 0 nitrogen and oxygen atoms in total. The second-order valence-electron chi connectivity index (χ2n) is 4.02. The summed E-state index contributed by atoms with van der Waals surface area (Å²) in [4.78, 5) is 0. The Bertz CT molecular complexity index is 524. The molecule has 0 saturated heterocycles. The zero-order valence-corrected chi connectivity index (χ0v) is 11.5. The first-order chi connectivity index (χ1) is 9.45. The van der Waals surface area contributed by atoms with E-state index in [-0.39, 0.29) is 13.4 Å². The van der Waals surface area contributed by atoms with Crippen molar-refractivity contribution in [3.8, 4) is 0 Å². The van der Waals surface area contributed by atoms with Crippen LogP contribution in [0.3, 0.4) is 0 Å². The Balaban J connectivity index is 2.12. The molecule has 0 heterocycles. The standard InChI is InChI=1S/3C6H5.Ni/c3*1-2-4-6-5-3-1;/h3*1-5H;. The van der Waals surface area contributed by atoms with Gasteiger partial charge in [0.05, 0.1) is 0 Å². The predicted octanol–water partition coefficient (Wildman–Crippen LogP) is 2.58. The van der Waals surface area contributed by atoms with Crippen LogP contribution in [0.1, 0.15) is 0 Å². The van der Waals surface area contributed by atoms with Gasteiger partial charge in [0.25, 0.3) is 0 Å². The van der Waals surface area contributed by atoms with Gasteiger partial charge in [0.1, 0.15) is 0 Å². The molecule has 3 aromatic rings. The Morgan fingerprint density at radius 1 is 0.368 bits per heavy atom. The molecule has 19 heavy (non-hydrogen) atoms. The van der Waals surface area contributed by atoms with Crippen LogP contribution < -0.4 is 13.6 Å². The third-order valence-corrected chi connectivity index (χ3v) is 5.38. The maximum atomic E-state index is 2.22. The second kappa shape index (κ2) is 5.86. The van der Waals surface area contributed by atoms with E-state index >= 15 is 0 Å². The van der Waals surface area contributed by atoms with E-state index < -0.39 is 0 Å². The number of hydrogen-bond donors (Lipinski definition) is 0. The number of hydrogen-bond acceptors (Lipinski definition) is 0. The molecule has 0 spiro atoms. The summed E-state index contributed by atoms with van der Waals surface area (Å²) < 4.78 is 4.12. The van der Waals surface area contributed by atoms with Gasteiger partial charge >= 0.3 is 118 Å². The van der Waals surface area contributed by atoms with Crippen molar-refractivity contribution in [1.82, 2.24) is 0 Å². The quantitative estimate of drug-likeness (QED) is 0.650. The molecular weight excluding hydrogens is 275 g/mol. The fourth-order valence-corrected chi connectivity index (χ4v) is 4.39. The van der Waals surface area contributed by atoms with Crippen molar-refractivity contribution in [2.75, 3.05) is 0 Å². The topological polar surface area (TPSA) is 0 Å². The Hall–Kier alpha value is -1.85. The summed E-state index contributed by atoms with van der Waals surface area (Å²) in [5.74, 6) is 0. The van der Waals surface area contributed by atoms with Gasteiger partial charge in [0.15, 0.2) is 0 Å². The Kier molecular flexibility index (Phi) is 3.76. The van der Waals surface area contributed by atoms with Crippen LogP contribution in [0, 0.1) is 0 Å². The van der Waals surface area contributed by atoms with Gasteiger partial charge in [0.2, 0.25) is 0 Å². The van der Waals surface area contributed by atoms with Crippen molar-refractivity contribution in [2.45, 2.75) is 0 Å². The van der Waals surface area contributed by atoms with Crippen molar-refractivity contribution in [2.24, 2.45) is 0 Å². The van der Waals surface area contributed by atoms with E-state index in [9.17, 15) is 0 Å². The molecule has 0 saturated carbocycles. The summed E-state index contributed by atoms with van der Waals surface area (Å²) in [5.41, 5.74) is 0. The van der Waals surface area contributed by atoms with Gasteiger partial charge in [-0.1, -0.05) is 0 Å². The molecule has 0 aliphatic carbocycles. The maximum absolute atomic E-state index is 2.22. The molecule has 0 N–H and O–H groups in total. The fourth-order valence-electron chi connectivity index (χ4n) is 1.84. The molecule has 0 fully saturated rings. The van der Waals surface area contributed by atoms with Crippen molar-refractivity contribution in [3.05, 3.63) is 91.0 Å². The van der Waals surface area contributed by atoms with Crippen LogP contribution in [-0.4, -0.2) is 0 Å². The molecule has 0 atom stereocenters. The van der Waals surface area contributed by atoms with Gasteiger partial charge in [-0.05, 0) is 0 Å². The van der Waals surface area contributed by atoms with Gasteiger partial charge in [-0.15, -0.1) is 0 Å². The molecule has 0 amide bonds. The first-order valence-electron chi connectivity index (χ1n) is 6.21. The molecule has 0 aliphatic heterocycles. The molecule has 3 aromatic carbocycles. The minimum atomic E-state index is -0.176. The zero-order valence-electron chi connectivity index (χ0n) is 10.5. The summed E-state index contributed by atoms with van der Waals surface area (Å²) in [5, 5.41) is 0. The van der Waals surface area contributed by atoms with Crippen LogP contribution >= 0.6 is 0 Å². The van der Waals surface area contributed by atoms with Gasteiger partial charge in [0, 0.05) is 0 Å². The third kappa shape index (κ3) is 2.77. The van der Waals surface area contributed by atoms with Gasteiger partial charge in [-0.2, -0.15) is 0 Å². The third-order valence-electron chi connectivity index (χ3n) is 2.69. The molecule has 97 valence electrons. The molecule has 0 radical (unpaired) electrons. The number of benzene rings is 3. The van der Waals surface area contributed by atoms with E-state index in [1.165, 1.54) is 13.6 Å². The average molecular weight is 290 g/mol. The zero-order chi connectivity index (χ0) is 12.9. The van der Waals surface area contributed by atoms with E-state index in [0.717, 1.165) is 0 Å². The fraction of sp³-hybridized carbons (Fsp3) is 0. The summed E-state index contributed by atoms with van der Waals surface area (Å²) in [7, 11) is 0. The van der Waals surface area contributed by atoms with Crippen LogP contribution in [0.25, 0.3) is 0 Å². The minimum absolute atomic E-state index is 0.176. The Morgan fingerprint density at radius 2 is 0.632 bits per heavy atom. The van der Waals surface area contributed by atoms with Crippen LogP contribution in [0.2, 0.25) is 0 Å². The van der Waals surface area contributed by atoms with E-state index in [2.05, 4.69) is 91.0 Å². The summed E-state index contributed by atoms with van der Waals surface area (Å²) >= 11 is -0.176. The van der Waals surface area contributed by atoms with Gasteiger partial charge < -0.3 is 0 Å². The van der Waals surface area contributed by atoms with Crippen LogP contribution in [0.5, 0.6) is 0 Å². The number of rotatable bonds is 3. The second-order valence-corrected chi connectivity index (χ2v) is 6.47. The van der Waals surface area contributed by atoms with Crippen molar-refractivity contribution >= 4 is 13.6 Å². The monoisotopic (exact) mass is 289 g/mol. The summed E-state index contributed by atoms with van der Waals surface area (Å²) in [6, 6.07) is 32.2. The Morgan fingerprint density at radius 3 is 0.895 bits per heavy atom. The van der Waals surface area contributed by atoms with Crippen LogP contribution in [0.4, 0.5) is 0 Å². The SMILES string of the molecule is c1cc[c]([Ni]([c]2ccccc2)[c]2ccccc2)cc1. The first-order valence-corrected chi connectivity index (χ1v) is 7.69. The molecule has 0 aliphatic rings. The molecule has 1 heteroatoms. The first kappa shape index (κ1) is 12.2. The van der Waals surface area contributed by atoms with Gasteiger partial charge in [-0.3, -0.25) is 0 Å². The van der Waals surface area contributed by atoms with E-state index in [0.29, 0.717) is 0 Å². The van der Waals surface area contributed by atoms with Crippen molar-refractivity contribution in [1.29, 1.82) is 0 Å². The normalized spacial score (nSPS) is 11.1. The summed E-state index contributed by atoms with van der Waals surface area (Å²) in [6.45, 7) is 0. The van der Waals surface area contributed by atoms with E-state index in [1.807, 2.05) is 0 Å². The van der Waals surface area contributed by atoms with Crippen LogP contribution in [-0.2, 0) is 13.4 Å². The van der Waals surface area contributed by atoms with Gasteiger partial charge in [-0.25, -0.2) is 0 Å². The molecule has 3 rings (SSSR count). The predicted molar refractivity (Wildman–Crippen MR) is 78.2 cm³/mol. The average Bonchev–Trinajstić information content (AvgIpc) is 2.51. The molecule has 0 aromatic heterocycles.